The van der Waals surface area contributed by atoms with Gasteiger partial charge in [0.15, 0.2) is 11.5 Å². The van der Waals surface area contributed by atoms with Gasteiger partial charge in [0.1, 0.15) is 0 Å². The fourth-order valence-corrected chi connectivity index (χ4v) is 3.25. The zero-order valence-corrected chi connectivity index (χ0v) is 15.1. The maximum Gasteiger partial charge on any atom is 0.242 e. The van der Waals surface area contributed by atoms with Crippen LogP contribution in [0.3, 0.4) is 0 Å². The van der Waals surface area contributed by atoms with Crippen LogP contribution >= 0.6 is 0 Å². The molecule has 0 unspecified atom stereocenters. The Morgan fingerprint density at radius 3 is 2.76 bits per heavy atom. The third-order valence-electron chi connectivity index (χ3n) is 4.86. The molecular weight excluding hydrogens is 320 g/mol. The number of para-hydroxylation sites is 1. The Kier molecular flexibility index (Phi) is 5.49. The average molecular weight is 348 g/mol. The van der Waals surface area contributed by atoms with E-state index in [0.29, 0.717) is 45.7 Å². The Labute approximate surface area is 149 Å². The Morgan fingerprint density at radius 2 is 2.00 bits per heavy atom. The van der Waals surface area contributed by atoms with Crippen LogP contribution in [0, 0.1) is 0 Å². The van der Waals surface area contributed by atoms with Gasteiger partial charge in [-0.05, 0) is 32.8 Å². The van der Waals surface area contributed by atoms with E-state index in [9.17, 15) is 9.90 Å². The molecule has 2 aliphatic rings. The van der Waals surface area contributed by atoms with Crippen molar-refractivity contribution in [3.8, 4) is 11.5 Å². The molecule has 1 aromatic rings. The molecule has 1 fully saturated rings. The standard InChI is InChI=1S/C19H28N2O4/c1-19(2,18(23)21-9-7-15(22)8-10-21)20-13-14-5-3-6-16-17(14)25-12-4-11-24-16/h3,5-6,15,20,22H,4,7-13H2,1-2H3. The van der Waals surface area contributed by atoms with E-state index in [1.807, 2.05) is 36.9 Å². The highest BCUT2D eigenvalue weighted by molar-refractivity contribution is 5.85. The first kappa shape index (κ1) is 18.0. The van der Waals surface area contributed by atoms with Gasteiger partial charge in [-0.3, -0.25) is 10.1 Å². The van der Waals surface area contributed by atoms with Crippen molar-refractivity contribution in [2.45, 2.75) is 51.3 Å². The van der Waals surface area contributed by atoms with Crippen molar-refractivity contribution in [3.63, 3.8) is 0 Å². The van der Waals surface area contributed by atoms with Gasteiger partial charge in [-0.15, -0.1) is 0 Å². The second kappa shape index (κ2) is 7.62. The minimum absolute atomic E-state index is 0.0681. The maximum atomic E-state index is 12.8. The van der Waals surface area contributed by atoms with E-state index in [-0.39, 0.29) is 12.0 Å². The molecule has 1 saturated heterocycles. The molecule has 0 saturated carbocycles. The number of carbonyl (C=O) groups excluding carboxylic acids is 1. The summed E-state index contributed by atoms with van der Waals surface area (Å²) < 4.78 is 11.6. The number of amides is 1. The van der Waals surface area contributed by atoms with Gasteiger partial charge in [-0.25, -0.2) is 0 Å². The smallest absolute Gasteiger partial charge is 0.242 e. The number of fused-ring (bicyclic) bond motifs is 1. The molecule has 138 valence electrons. The van der Waals surface area contributed by atoms with Crippen LogP contribution in [-0.2, 0) is 11.3 Å². The second-order valence-electron chi connectivity index (χ2n) is 7.30. The average Bonchev–Trinajstić information content (AvgIpc) is 2.86. The molecule has 0 spiro atoms. The van der Waals surface area contributed by atoms with E-state index in [4.69, 9.17) is 9.47 Å². The summed E-state index contributed by atoms with van der Waals surface area (Å²) in [4.78, 5) is 14.7. The molecule has 6 heteroatoms. The van der Waals surface area contributed by atoms with Gasteiger partial charge in [0.05, 0.1) is 24.9 Å². The highest BCUT2D eigenvalue weighted by Crippen LogP contribution is 2.33. The molecule has 2 heterocycles. The summed E-state index contributed by atoms with van der Waals surface area (Å²) in [5, 5.41) is 13.0. The predicted molar refractivity (Wildman–Crippen MR) is 94.8 cm³/mol. The molecule has 2 N–H and O–H groups in total. The van der Waals surface area contributed by atoms with Crippen LogP contribution in [-0.4, -0.2) is 53.9 Å². The van der Waals surface area contributed by atoms with Crippen molar-refractivity contribution in [1.82, 2.24) is 10.2 Å². The van der Waals surface area contributed by atoms with Crippen molar-refractivity contribution in [2.24, 2.45) is 0 Å². The van der Waals surface area contributed by atoms with Crippen LogP contribution in [0.2, 0.25) is 0 Å². The lowest BCUT2D eigenvalue weighted by Crippen LogP contribution is -2.55. The molecule has 6 nitrogen and oxygen atoms in total. The largest absolute Gasteiger partial charge is 0.490 e. The van der Waals surface area contributed by atoms with E-state index in [0.717, 1.165) is 23.5 Å². The summed E-state index contributed by atoms with van der Waals surface area (Å²) in [5.74, 6) is 1.61. The van der Waals surface area contributed by atoms with Gasteiger partial charge >= 0.3 is 0 Å². The maximum absolute atomic E-state index is 12.8. The van der Waals surface area contributed by atoms with Gasteiger partial charge in [0.2, 0.25) is 5.91 Å². The predicted octanol–water partition coefficient (Wildman–Crippen LogP) is 1.70. The fourth-order valence-electron chi connectivity index (χ4n) is 3.25. The van der Waals surface area contributed by atoms with Gasteiger partial charge in [-0.1, -0.05) is 12.1 Å². The SMILES string of the molecule is CC(C)(NCc1cccc2c1OCCCO2)C(=O)N1CCC(O)CC1. The quantitative estimate of drug-likeness (QED) is 0.867. The molecule has 0 bridgehead atoms. The summed E-state index contributed by atoms with van der Waals surface area (Å²) >= 11 is 0. The van der Waals surface area contributed by atoms with Gasteiger partial charge < -0.3 is 19.5 Å². The molecular formula is C19H28N2O4. The normalized spacial score (nSPS) is 18.8. The number of carbonyl (C=O) groups is 1. The number of benzene rings is 1. The molecule has 2 aliphatic heterocycles. The molecule has 0 atom stereocenters. The Morgan fingerprint density at radius 1 is 1.28 bits per heavy atom. The number of nitrogens with zero attached hydrogens (tertiary/aromatic N) is 1. The number of hydrogen-bond acceptors (Lipinski definition) is 5. The van der Waals surface area contributed by atoms with Crippen LogP contribution in [0.15, 0.2) is 18.2 Å². The summed E-state index contributed by atoms with van der Waals surface area (Å²) in [6.07, 6.45) is 1.89. The van der Waals surface area contributed by atoms with Crippen LogP contribution in [0.25, 0.3) is 0 Å². The molecule has 0 aliphatic carbocycles. The Hall–Kier alpha value is -1.79. The molecule has 1 amide bonds. The lowest BCUT2D eigenvalue weighted by molar-refractivity contribution is -0.139. The van der Waals surface area contributed by atoms with Crippen LogP contribution in [0.1, 0.15) is 38.7 Å². The Balaban J connectivity index is 1.65. The monoisotopic (exact) mass is 348 g/mol. The number of aliphatic hydroxyl groups excluding tert-OH is 1. The molecule has 3 rings (SSSR count). The topological polar surface area (TPSA) is 71.0 Å². The van der Waals surface area contributed by atoms with E-state index in [1.54, 1.807) is 0 Å². The minimum Gasteiger partial charge on any atom is -0.490 e. The number of piperidine rings is 1. The highest BCUT2D eigenvalue weighted by Gasteiger charge is 2.33. The number of aliphatic hydroxyl groups is 1. The zero-order valence-electron chi connectivity index (χ0n) is 15.1. The third-order valence-corrected chi connectivity index (χ3v) is 4.86. The van der Waals surface area contributed by atoms with Gasteiger partial charge in [0.25, 0.3) is 0 Å². The fraction of sp³-hybridized carbons (Fsp3) is 0.632. The Bertz CT molecular complexity index is 609. The lowest BCUT2D eigenvalue weighted by Gasteiger charge is -2.36. The molecule has 1 aromatic carbocycles. The molecule has 25 heavy (non-hydrogen) atoms. The van der Waals surface area contributed by atoms with Crippen LogP contribution in [0.5, 0.6) is 11.5 Å². The minimum atomic E-state index is -0.684. The van der Waals surface area contributed by atoms with Crippen molar-refractivity contribution in [2.75, 3.05) is 26.3 Å². The number of ether oxygens (including phenoxy) is 2. The van der Waals surface area contributed by atoms with Crippen molar-refractivity contribution in [1.29, 1.82) is 0 Å². The zero-order chi connectivity index (χ0) is 17.9. The van der Waals surface area contributed by atoms with Crippen molar-refractivity contribution >= 4 is 5.91 Å². The number of likely N-dealkylation sites (tertiary alicyclic amines) is 1. The highest BCUT2D eigenvalue weighted by atomic mass is 16.5. The summed E-state index contributed by atoms with van der Waals surface area (Å²) in [6, 6.07) is 5.86. The molecule has 0 aromatic heterocycles. The summed E-state index contributed by atoms with van der Waals surface area (Å²) in [7, 11) is 0. The summed E-state index contributed by atoms with van der Waals surface area (Å²) in [5.41, 5.74) is 0.311. The van der Waals surface area contributed by atoms with Gasteiger partial charge in [0, 0.05) is 31.6 Å². The summed E-state index contributed by atoms with van der Waals surface area (Å²) in [6.45, 7) is 6.86. The number of rotatable bonds is 4. The van der Waals surface area contributed by atoms with E-state index < -0.39 is 5.54 Å². The van der Waals surface area contributed by atoms with Crippen molar-refractivity contribution in [3.05, 3.63) is 23.8 Å². The number of nitrogens with one attached hydrogen (secondary N) is 1. The first-order chi connectivity index (χ1) is 12.0. The van der Waals surface area contributed by atoms with Crippen molar-refractivity contribution < 1.29 is 19.4 Å². The lowest BCUT2D eigenvalue weighted by atomic mass is 9.99. The van der Waals surface area contributed by atoms with Crippen LogP contribution in [0.4, 0.5) is 0 Å². The second-order valence-corrected chi connectivity index (χ2v) is 7.30. The first-order valence-corrected chi connectivity index (χ1v) is 9.07. The number of hydrogen-bond donors (Lipinski definition) is 2. The van der Waals surface area contributed by atoms with E-state index in [1.165, 1.54) is 0 Å². The molecule has 0 radical (unpaired) electrons. The van der Waals surface area contributed by atoms with E-state index in [2.05, 4.69) is 5.32 Å². The first-order valence-electron chi connectivity index (χ1n) is 9.07. The van der Waals surface area contributed by atoms with E-state index >= 15 is 0 Å². The van der Waals surface area contributed by atoms with Gasteiger partial charge in [-0.2, -0.15) is 0 Å². The van der Waals surface area contributed by atoms with Crippen LogP contribution < -0.4 is 14.8 Å². The third kappa shape index (κ3) is 4.25.